The molecule has 2 atom stereocenters. The van der Waals surface area contributed by atoms with Crippen LogP contribution in [0.1, 0.15) is 34.1 Å². The largest absolute Gasteiger partial charge is 0.229 e. The molecule has 0 heterocycles. The van der Waals surface area contributed by atoms with E-state index >= 15 is 0 Å². The van der Waals surface area contributed by atoms with Gasteiger partial charge < -0.3 is 0 Å². The lowest BCUT2D eigenvalue weighted by Crippen LogP contribution is -2.29. The molecule has 0 saturated carbocycles. The molecule has 0 aliphatic carbocycles. The summed E-state index contributed by atoms with van der Waals surface area (Å²) in [4.78, 5) is 0. The van der Waals surface area contributed by atoms with Crippen LogP contribution in [0.3, 0.4) is 0 Å². The normalized spacial score (nSPS) is 17.0. The third kappa shape index (κ3) is 4.30. The molecule has 0 N–H and O–H groups in total. The summed E-state index contributed by atoms with van der Waals surface area (Å²) in [6.07, 6.45) is 0.912. The molecule has 0 aliphatic heterocycles. The van der Waals surface area contributed by atoms with Crippen molar-refractivity contribution >= 4 is 25.8 Å². The van der Waals surface area contributed by atoms with Crippen molar-refractivity contribution in [2.45, 2.75) is 39.4 Å². The van der Waals surface area contributed by atoms with Crippen LogP contribution in [0.2, 0.25) is 0 Å². The molecule has 0 rings (SSSR count). The Bertz CT molecular complexity index is 243. The van der Waals surface area contributed by atoms with Crippen molar-refractivity contribution in [2.75, 3.05) is 11.1 Å². The van der Waals surface area contributed by atoms with Crippen LogP contribution in [0.4, 0.5) is 0 Å². The third-order valence-electron chi connectivity index (χ3n) is 2.77. The van der Waals surface area contributed by atoms with Gasteiger partial charge in [0.05, 0.1) is 11.0 Å². The van der Waals surface area contributed by atoms with Gasteiger partial charge in [-0.2, -0.15) is 0 Å². The highest BCUT2D eigenvalue weighted by molar-refractivity contribution is 9.09. The molecule has 2 nitrogen and oxygen atoms in total. The number of hydrogen-bond donors (Lipinski definition) is 0. The highest BCUT2D eigenvalue weighted by Gasteiger charge is 2.26. The van der Waals surface area contributed by atoms with Gasteiger partial charge in [-0.05, 0) is 18.8 Å². The molecule has 0 fully saturated rings. The average molecular weight is 285 g/mol. The first-order chi connectivity index (χ1) is 6.35. The second-order valence-corrected chi connectivity index (χ2v) is 7.26. The van der Waals surface area contributed by atoms with Crippen LogP contribution in [0.15, 0.2) is 0 Å². The summed E-state index contributed by atoms with van der Waals surface area (Å²) in [6.45, 7) is 7.75. The van der Waals surface area contributed by atoms with Crippen molar-refractivity contribution in [3.8, 4) is 0 Å². The molecule has 2 unspecified atom stereocenters. The summed E-state index contributed by atoms with van der Waals surface area (Å²) in [7, 11) is -2.91. The van der Waals surface area contributed by atoms with Crippen LogP contribution in [-0.2, 0) is 9.84 Å². The highest BCUT2D eigenvalue weighted by atomic mass is 79.9. The molecule has 0 amide bonds. The maximum atomic E-state index is 11.9. The Kier molecular flexibility index (Phi) is 6.30. The molecule has 4 heteroatoms. The second kappa shape index (κ2) is 6.11. The van der Waals surface area contributed by atoms with E-state index < -0.39 is 9.84 Å². The van der Waals surface area contributed by atoms with Gasteiger partial charge in [-0.3, -0.25) is 0 Å². The number of rotatable bonds is 6. The molecular weight excluding hydrogens is 264 g/mol. The molecule has 0 saturated heterocycles. The SMILES string of the molecule is CCC(CBr)CS(=O)(=O)C(C)C(C)C. The van der Waals surface area contributed by atoms with E-state index in [0.29, 0.717) is 5.75 Å². The number of halogens is 1. The molecular formula is C10H21BrO2S. The highest BCUT2D eigenvalue weighted by Crippen LogP contribution is 2.18. The lowest BCUT2D eigenvalue weighted by atomic mass is 10.1. The minimum absolute atomic E-state index is 0.202. The lowest BCUT2D eigenvalue weighted by molar-refractivity contribution is 0.529. The molecule has 0 aliphatic rings. The van der Waals surface area contributed by atoms with E-state index in [-0.39, 0.29) is 17.1 Å². The van der Waals surface area contributed by atoms with Gasteiger partial charge in [-0.15, -0.1) is 0 Å². The van der Waals surface area contributed by atoms with Gasteiger partial charge in [0.25, 0.3) is 0 Å². The topological polar surface area (TPSA) is 34.1 Å². The first-order valence-corrected chi connectivity index (χ1v) is 7.96. The quantitative estimate of drug-likeness (QED) is 0.703. The first-order valence-electron chi connectivity index (χ1n) is 5.12. The summed E-state index contributed by atoms with van der Waals surface area (Å²) in [5.41, 5.74) is 0. The van der Waals surface area contributed by atoms with Crippen LogP contribution in [0, 0.1) is 11.8 Å². The van der Waals surface area contributed by atoms with Gasteiger partial charge in [0.15, 0.2) is 9.84 Å². The Morgan fingerprint density at radius 3 is 2.00 bits per heavy atom. The monoisotopic (exact) mass is 284 g/mol. The average Bonchev–Trinajstić information content (AvgIpc) is 2.12. The Balaban J connectivity index is 4.48. The summed E-state index contributed by atoms with van der Waals surface area (Å²) in [6, 6.07) is 0. The molecule has 86 valence electrons. The van der Waals surface area contributed by atoms with E-state index in [1.165, 1.54) is 0 Å². The number of hydrogen-bond acceptors (Lipinski definition) is 2. The van der Waals surface area contributed by atoms with Crippen LogP contribution in [0.25, 0.3) is 0 Å². The molecule has 0 aromatic heterocycles. The van der Waals surface area contributed by atoms with E-state index in [4.69, 9.17) is 0 Å². The van der Waals surface area contributed by atoms with E-state index in [0.717, 1.165) is 11.8 Å². The van der Waals surface area contributed by atoms with Crippen LogP contribution >= 0.6 is 15.9 Å². The predicted molar refractivity (Wildman–Crippen MR) is 65.7 cm³/mol. The molecule has 0 aromatic carbocycles. The van der Waals surface area contributed by atoms with Crippen LogP contribution in [0.5, 0.6) is 0 Å². The van der Waals surface area contributed by atoms with E-state index in [2.05, 4.69) is 15.9 Å². The Morgan fingerprint density at radius 2 is 1.71 bits per heavy atom. The maximum Gasteiger partial charge on any atom is 0.153 e. The zero-order valence-corrected chi connectivity index (χ0v) is 11.9. The van der Waals surface area contributed by atoms with Gasteiger partial charge in [0, 0.05) is 5.33 Å². The molecule has 0 spiro atoms. The van der Waals surface area contributed by atoms with E-state index in [1.54, 1.807) is 6.92 Å². The summed E-state index contributed by atoms with van der Waals surface area (Å²) < 4.78 is 23.8. The Morgan fingerprint density at radius 1 is 1.21 bits per heavy atom. The van der Waals surface area contributed by atoms with Crippen LogP contribution < -0.4 is 0 Å². The van der Waals surface area contributed by atoms with Crippen molar-refractivity contribution in [3.05, 3.63) is 0 Å². The summed E-state index contributed by atoms with van der Waals surface area (Å²) in [5.74, 6) is 0.766. The van der Waals surface area contributed by atoms with Gasteiger partial charge >= 0.3 is 0 Å². The van der Waals surface area contributed by atoms with Crippen molar-refractivity contribution in [1.29, 1.82) is 0 Å². The fourth-order valence-corrected chi connectivity index (χ4v) is 4.30. The summed E-state index contributed by atoms with van der Waals surface area (Å²) in [5, 5.41) is 0.545. The second-order valence-electron chi connectivity index (χ2n) is 4.21. The Labute approximate surface area is 96.5 Å². The van der Waals surface area contributed by atoms with Gasteiger partial charge in [0.1, 0.15) is 0 Å². The molecule has 0 aromatic rings. The van der Waals surface area contributed by atoms with Crippen molar-refractivity contribution in [2.24, 2.45) is 11.8 Å². The zero-order valence-electron chi connectivity index (χ0n) is 9.46. The molecule has 14 heavy (non-hydrogen) atoms. The minimum Gasteiger partial charge on any atom is -0.229 e. The lowest BCUT2D eigenvalue weighted by Gasteiger charge is -2.19. The van der Waals surface area contributed by atoms with Crippen molar-refractivity contribution in [1.82, 2.24) is 0 Å². The molecule has 0 radical (unpaired) electrons. The fourth-order valence-electron chi connectivity index (χ4n) is 1.17. The summed E-state index contributed by atoms with van der Waals surface area (Å²) >= 11 is 3.35. The van der Waals surface area contributed by atoms with E-state index in [1.807, 2.05) is 20.8 Å². The first kappa shape index (κ1) is 14.4. The van der Waals surface area contributed by atoms with Gasteiger partial charge in [-0.25, -0.2) is 8.42 Å². The number of alkyl halides is 1. The van der Waals surface area contributed by atoms with Crippen molar-refractivity contribution in [3.63, 3.8) is 0 Å². The van der Waals surface area contributed by atoms with Crippen LogP contribution in [-0.4, -0.2) is 24.8 Å². The Hall–Kier alpha value is 0.430. The molecule has 0 bridgehead atoms. The van der Waals surface area contributed by atoms with Gasteiger partial charge in [0.2, 0.25) is 0 Å². The predicted octanol–water partition coefficient (Wildman–Crippen LogP) is 2.87. The fraction of sp³-hybridized carbons (Fsp3) is 1.00. The van der Waals surface area contributed by atoms with Gasteiger partial charge in [-0.1, -0.05) is 43.1 Å². The number of sulfone groups is 1. The minimum atomic E-state index is -2.91. The zero-order chi connectivity index (χ0) is 11.4. The smallest absolute Gasteiger partial charge is 0.153 e. The standard InChI is InChI=1S/C10H21BrO2S/c1-5-10(6-11)7-14(12,13)9(4)8(2)3/h8-10H,5-7H2,1-4H3. The van der Waals surface area contributed by atoms with Crippen molar-refractivity contribution < 1.29 is 8.42 Å². The third-order valence-corrected chi connectivity index (χ3v) is 6.30. The maximum absolute atomic E-state index is 11.9. The van der Waals surface area contributed by atoms with E-state index in [9.17, 15) is 8.42 Å².